The maximum Gasteiger partial charge on any atom is 0.272 e. The summed E-state index contributed by atoms with van der Waals surface area (Å²) in [7, 11) is 0. The first-order chi connectivity index (χ1) is 13.0. The van der Waals surface area contributed by atoms with Gasteiger partial charge in [-0.3, -0.25) is 19.8 Å². The second-order valence-electron chi connectivity index (χ2n) is 6.66. The van der Waals surface area contributed by atoms with E-state index < -0.39 is 0 Å². The van der Waals surface area contributed by atoms with Crippen molar-refractivity contribution in [3.63, 3.8) is 0 Å². The average molecular weight is 366 g/mol. The first-order valence-corrected chi connectivity index (χ1v) is 8.63. The summed E-state index contributed by atoms with van der Waals surface area (Å²) in [6, 6.07) is 8.75. The molecule has 3 heterocycles. The van der Waals surface area contributed by atoms with E-state index in [1.165, 1.54) is 6.26 Å². The van der Waals surface area contributed by atoms with Gasteiger partial charge >= 0.3 is 0 Å². The molecule has 8 nitrogen and oxygen atoms in total. The predicted molar refractivity (Wildman–Crippen MR) is 98.2 cm³/mol. The summed E-state index contributed by atoms with van der Waals surface area (Å²) in [4.78, 5) is 32.7. The van der Waals surface area contributed by atoms with Crippen LogP contribution < -0.4 is 5.56 Å². The molecular weight excluding hydrogens is 348 g/mol. The van der Waals surface area contributed by atoms with Gasteiger partial charge in [0.05, 0.1) is 22.4 Å². The molecule has 0 fully saturated rings. The number of nitrogens with one attached hydrogen (secondary N) is 1. The van der Waals surface area contributed by atoms with E-state index in [0.717, 1.165) is 17.8 Å². The summed E-state index contributed by atoms with van der Waals surface area (Å²) in [5.74, 6) is 0.968. The van der Waals surface area contributed by atoms with Gasteiger partial charge in [0.1, 0.15) is 0 Å². The number of hydrogen-bond donors (Lipinski definition) is 1. The Bertz CT molecular complexity index is 1060. The van der Waals surface area contributed by atoms with E-state index in [1.807, 2.05) is 6.07 Å². The summed E-state index contributed by atoms with van der Waals surface area (Å²) in [6.07, 6.45) is 2.18. The molecule has 0 radical (unpaired) electrons. The van der Waals surface area contributed by atoms with Crippen LogP contribution in [-0.4, -0.2) is 26.3 Å². The Hall–Kier alpha value is -3.26. The van der Waals surface area contributed by atoms with Crippen LogP contribution in [0.25, 0.3) is 11.6 Å². The first kappa shape index (κ1) is 17.2. The molecule has 0 aliphatic carbocycles. The number of H-pyrrole nitrogens is 1. The lowest BCUT2D eigenvalue weighted by Gasteiger charge is -2.27. The number of aromatic nitrogens is 2. The molecule has 8 heteroatoms. The third-order valence-electron chi connectivity index (χ3n) is 4.78. The molecule has 0 saturated carbocycles. The molecular formula is C19H18N4O4. The molecule has 0 unspecified atom stereocenters. The topological polar surface area (TPSA) is 105 Å². The maximum atomic E-state index is 12.5. The lowest BCUT2D eigenvalue weighted by Crippen LogP contribution is -2.35. The molecule has 0 amide bonds. The predicted octanol–water partition coefficient (Wildman–Crippen LogP) is 2.80. The Balaban J connectivity index is 1.56. The quantitative estimate of drug-likeness (QED) is 0.562. The van der Waals surface area contributed by atoms with Crippen molar-refractivity contribution >= 4 is 5.69 Å². The van der Waals surface area contributed by atoms with Crippen LogP contribution >= 0.6 is 0 Å². The second-order valence-corrected chi connectivity index (χ2v) is 6.66. The van der Waals surface area contributed by atoms with E-state index in [-0.39, 0.29) is 16.2 Å². The highest BCUT2D eigenvalue weighted by Gasteiger charge is 2.22. The Morgan fingerprint density at radius 3 is 2.96 bits per heavy atom. The molecule has 1 aromatic carbocycles. The summed E-state index contributed by atoms with van der Waals surface area (Å²) < 4.78 is 5.31. The Morgan fingerprint density at radius 2 is 2.22 bits per heavy atom. The highest BCUT2D eigenvalue weighted by molar-refractivity contribution is 5.47. The van der Waals surface area contributed by atoms with Gasteiger partial charge in [0.15, 0.2) is 11.6 Å². The van der Waals surface area contributed by atoms with Gasteiger partial charge in [-0.2, -0.15) is 0 Å². The standard InChI is InChI=1S/C19H18N4O4/c1-12-4-5-13(9-16(12)23(25)26)10-22-7-6-15-14(11-22)19(24)21-18(20-15)17-3-2-8-27-17/h2-5,8-9H,6-7,10-11H2,1H3,(H,20,21,24). The fourth-order valence-electron chi connectivity index (χ4n) is 3.35. The number of nitrogens with zero attached hydrogens (tertiary/aromatic N) is 3. The smallest absolute Gasteiger partial charge is 0.272 e. The summed E-state index contributed by atoms with van der Waals surface area (Å²) in [5.41, 5.74) is 2.85. The van der Waals surface area contributed by atoms with Crippen LogP contribution in [0.1, 0.15) is 22.4 Å². The van der Waals surface area contributed by atoms with Crippen LogP contribution in [0, 0.1) is 17.0 Å². The van der Waals surface area contributed by atoms with E-state index >= 15 is 0 Å². The van der Waals surface area contributed by atoms with E-state index in [4.69, 9.17) is 4.42 Å². The van der Waals surface area contributed by atoms with E-state index in [1.54, 1.807) is 31.2 Å². The van der Waals surface area contributed by atoms with Crippen molar-refractivity contribution < 1.29 is 9.34 Å². The molecule has 0 saturated heterocycles. The molecule has 1 aliphatic rings. The lowest BCUT2D eigenvalue weighted by molar-refractivity contribution is -0.385. The average Bonchev–Trinajstić information content (AvgIpc) is 3.18. The third kappa shape index (κ3) is 3.39. The zero-order valence-corrected chi connectivity index (χ0v) is 14.8. The summed E-state index contributed by atoms with van der Waals surface area (Å²) >= 11 is 0. The molecule has 3 aromatic rings. The highest BCUT2D eigenvalue weighted by Crippen LogP contribution is 2.23. The van der Waals surface area contributed by atoms with Gasteiger partial charge in [0.2, 0.25) is 0 Å². The molecule has 0 atom stereocenters. The lowest BCUT2D eigenvalue weighted by atomic mass is 10.0. The van der Waals surface area contributed by atoms with Crippen molar-refractivity contribution in [1.82, 2.24) is 14.9 Å². The van der Waals surface area contributed by atoms with Gasteiger partial charge in [0, 0.05) is 37.7 Å². The van der Waals surface area contributed by atoms with Crippen LogP contribution in [0.15, 0.2) is 45.8 Å². The number of rotatable bonds is 4. The molecule has 4 rings (SSSR count). The third-order valence-corrected chi connectivity index (χ3v) is 4.78. The fraction of sp³-hybridized carbons (Fsp3) is 0.263. The fourth-order valence-corrected chi connectivity index (χ4v) is 3.35. The molecule has 2 aromatic heterocycles. The number of aryl methyl sites for hydroxylation is 1. The van der Waals surface area contributed by atoms with Crippen molar-refractivity contribution in [3.05, 3.63) is 79.4 Å². The van der Waals surface area contributed by atoms with E-state index in [2.05, 4.69) is 14.9 Å². The molecule has 138 valence electrons. The number of hydrogen-bond acceptors (Lipinski definition) is 6. The SMILES string of the molecule is Cc1ccc(CN2CCc3nc(-c4ccco4)[nH]c(=O)c3C2)cc1[N+](=O)[O-]. The van der Waals surface area contributed by atoms with Crippen LogP contribution in [0.5, 0.6) is 0 Å². The van der Waals surface area contributed by atoms with Gasteiger partial charge in [0.25, 0.3) is 11.2 Å². The minimum atomic E-state index is -0.366. The first-order valence-electron chi connectivity index (χ1n) is 8.63. The second kappa shape index (κ2) is 6.81. The molecule has 27 heavy (non-hydrogen) atoms. The van der Waals surface area contributed by atoms with Crippen LogP contribution in [0.2, 0.25) is 0 Å². The van der Waals surface area contributed by atoms with E-state index in [9.17, 15) is 14.9 Å². The van der Waals surface area contributed by atoms with Gasteiger partial charge in [-0.1, -0.05) is 12.1 Å². The maximum absolute atomic E-state index is 12.5. The monoisotopic (exact) mass is 366 g/mol. The molecule has 0 spiro atoms. The van der Waals surface area contributed by atoms with Crippen molar-refractivity contribution in [3.8, 4) is 11.6 Å². The molecule has 1 N–H and O–H groups in total. The minimum Gasteiger partial charge on any atom is -0.461 e. The number of furan rings is 1. The zero-order chi connectivity index (χ0) is 19.0. The number of aromatic amines is 1. The number of nitro groups is 1. The van der Waals surface area contributed by atoms with Gasteiger partial charge in [-0.05, 0) is 24.6 Å². The van der Waals surface area contributed by atoms with Crippen LogP contribution in [0.3, 0.4) is 0 Å². The van der Waals surface area contributed by atoms with Crippen molar-refractivity contribution in [2.24, 2.45) is 0 Å². The van der Waals surface area contributed by atoms with Crippen LogP contribution in [0.4, 0.5) is 5.69 Å². The van der Waals surface area contributed by atoms with Gasteiger partial charge in [-0.25, -0.2) is 4.98 Å². The van der Waals surface area contributed by atoms with Gasteiger partial charge < -0.3 is 9.40 Å². The molecule has 0 bridgehead atoms. The summed E-state index contributed by atoms with van der Waals surface area (Å²) in [6.45, 7) is 3.45. The largest absolute Gasteiger partial charge is 0.461 e. The number of benzene rings is 1. The Morgan fingerprint density at radius 1 is 1.37 bits per heavy atom. The molecule has 1 aliphatic heterocycles. The number of fused-ring (bicyclic) bond motifs is 1. The Labute approximate surface area is 154 Å². The highest BCUT2D eigenvalue weighted by atomic mass is 16.6. The number of nitro benzene ring substituents is 1. The zero-order valence-electron chi connectivity index (χ0n) is 14.8. The van der Waals surface area contributed by atoms with E-state index in [0.29, 0.717) is 42.2 Å². The van der Waals surface area contributed by atoms with Crippen LogP contribution in [-0.2, 0) is 19.5 Å². The normalized spacial score (nSPS) is 14.1. The minimum absolute atomic E-state index is 0.118. The van der Waals surface area contributed by atoms with Crippen molar-refractivity contribution in [1.29, 1.82) is 0 Å². The Kier molecular flexibility index (Phi) is 4.33. The van der Waals surface area contributed by atoms with Crippen molar-refractivity contribution in [2.75, 3.05) is 6.54 Å². The van der Waals surface area contributed by atoms with Crippen molar-refractivity contribution in [2.45, 2.75) is 26.4 Å². The summed E-state index contributed by atoms with van der Waals surface area (Å²) in [5, 5.41) is 11.1. The van der Waals surface area contributed by atoms with Gasteiger partial charge in [-0.15, -0.1) is 0 Å².